The third kappa shape index (κ3) is 2.67. The van der Waals surface area contributed by atoms with Crippen LogP contribution >= 0.6 is 0 Å². The summed E-state index contributed by atoms with van der Waals surface area (Å²) in [5, 5.41) is 9.42. The van der Waals surface area contributed by atoms with E-state index >= 15 is 0 Å². The number of hydrogen-bond acceptors (Lipinski definition) is 5. The maximum Gasteiger partial charge on any atom is 0.229 e. The van der Waals surface area contributed by atoms with Gasteiger partial charge in [-0.15, -0.1) is 0 Å². The van der Waals surface area contributed by atoms with Crippen molar-refractivity contribution in [2.24, 2.45) is 7.05 Å². The number of aryl methyl sites for hydroxylation is 1. The Kier molecular flexibility index (Phi) is 4.13. The Morgan fingerprint density at radius 1 is 1.29 bits per heavy atom. The fourth-order valence-corrected chi connectivity index (χ4v) is 2.93. The molecule has 0 saturated carbocycles. The molecule has 1 atom stereocenters. The molecule has 0 bridgehead atoms. The van der Waals surface area contributed by atoms with E-state index in [0.29, 0.717) is 11.3 Å². The normalized spacial score (nSPS) is 15.8. The Bertz CT molecular complexity index is 862. The summed E-state index contributed by atoms with van der Waals surface area (Å²) in [5.74, 6) is -1.51. The number of rotatable bonds is 5. The van der Waals surface area contributed by atoms with Crippen LogP contribution in [-0.2, 0) is 21.4 Å². The number of nitriles is 1. The summed E-state index contributed by atoms with van der Waals surface area (Å²) in [5.41, 5.74) is 1.55. The summed E-state index contributed by atoms with van der Waals surface area (Å²) in [6.07, 6.45) is 0.345. The third-order valence-corrected chi connectivity index (χ3v) is 4.27. The second-order valence-electron chi connectivity index (χ2n) is 5.74. The number of hydrogen-bond donors (Lipinski definition) is 0. The quantitative estimate of drug-likeness (QED) is 0.772. The van der Waals surface area contributed by atoms with E-state index < -0.39 is 5.92 Å². The number of likely N-dealkylation sites (tertiary alicyclic amines) is 1. The highest BCUT2D eigenvalue weighted by Crippen LogP contribution is 2.23. The topological polar surface area (TPSA) is 96.1 Å². The Labute approximate surface area is 138 Å². The molecule has 0 aliphatic carbocycles. The highest BCUT2D eigenvalue weighted by atomic mass is 16.2. The Morgan fingerprint density at radius 3 is 2.58 bits per heavy atom. The van der Waals surface area contributed by atoms with Gasteiger partial charge in [-0.1, -0.05) is 12.1 Å². The van der Waals surface area contributed by atoms with Crippen molar-refractivity contribution in [2.75, 3.05) is 6.54 Å². The molecule has 122 valence electrons. The second kappa shape index (κ2) is 6.24. The van der Waals surface area contributed by atoms with Crippen molar-refractivity contribution >= 4 is 28.6 Å². The summed E-state index contributed by atoms with van der Waals surface area (Å²) in [6.45, 7) is 0.0264. The lowest BCUT2D eigenvalue weighted by Gasteiger charge is -2.14. The van der Waals surface area contributed by atoms with Crippen molar-refractivity contribution in [1.29, 1.82) is 5.26 Å². The van der Waals surface area contributed by atoms with Crippen molar-refractivity contribution in [3.63, 3.8) is 0 Å². The van der Waals surface area contributed by atoms with Gasteiger partial charge in [0.2, 0.25) is 11.8 Å². The minimum atomic E-state index is -1.02. The molecule has 24 heavy (non-hydrogen) atoms. The number of imidazole rings is 1. The van der Waals surface area contributed by atoms with Crippen LogP contribution < -0.4 is 0 Å². The molecule has 0 spiro atoms. The molecule has 1 unspecified atom stereocenters. The lowest BCUT2D eigenvalue weighted by Crippen LogP contribution is -2.32. The van der Waals surface area contributed by atoms with Crippen molar-refractivity contribution in [3.8, 4) is 6.07 Å². The van der Waals surface area contributed by atoms with Gasteiger partial charge in [0, 0.05) is 32.9 Å². The molecule has 1 aliphatic rings. The van der Waals surface area contributed by atoms with Crippen molar-refractivity contribution in [2.45, 2.75) is 25.2 Å². The van der Waals surface area contributed by atoms with Crippen LogP contribution in [0.1, 0.15) is 31.0 Å². The van der Waals surface area contributed by atoms with Gasteiger partial charge in [0.1, 0.15) is 5.82 Å². The summed E-state index contributed by atoms with van der Waals surface area (Å²) < 4.78 is 1.73. The number of para-hydroxylation sites is 2. The molecule has 1 aliphatic heterocycles. The van der Waals surface area contributed by atoms with E-state index in [9.17, 15) is 19.6 Å². The van der Waals surface area contributed by atoms with Crippen molar-refractivity contribution in [1.82, 2.24) is 14.5 Å². The zero-order valence-electron chi connectivity index (χ0n) is 13.2. The number of carbonyl (C=O) groups excluding carboxylic acids is 3. The molecule has 1 aromatic heterocycles. The van der Waals surface area contributed by atoms with Crippen LogP contribution in [0.2, 0.25) is 0 Å². The number of benzene rings is 1. The van der Waals surface area contributed by atoms with E-state index in [1.807, 2.05) is 30.3 Å². The predicted octanol–water partition coefficient (Wildman–Crippen LogP) is 1.29. The van der Waals surface area contributed by atoms with Crippen LogP contribution in [0.3, 0.4) is 0 Å². The minimum absolute atomic E-state index is 0.0264. The first-order valence-corrected chi connectivity index (χ1v) is 7.70. The number of Topliss-reactive ketones (excluding diaryl/α,β-unsaturated/α-hetero) is 1. The number of aromatic nitrogens is 2. The number of carbonyl (C=O) groups is 3. The zero-order chi connectivity index (χ0) is 17.3. The first-order chi connectivity index (χ1) is 11.5. The smallest absolute Gasteiger partial charge is 0.229 e. The van der Waals surface area contributed by atoms with Gasteiger partial charge in [-0.05, 0) is 12.1 Å². The summed E-state index contributed by atoms with van der Waals surface area (Å²) in [7, 11) is 1.76. The van der Waals surface area contributed by atoms with Crippen LogP contribution in [-0.4, -0.2) is 38.6 Å². The predicted molar refractivity (Wildman–Crippen MR) is 84.6 cm³/mol. The van der Waals surface area contributed by atoms with Gasteiger partial charge in [-0.25, -0.2) is 4.98 Å². The number of ketones is 1. The molecule has 1 fully saturated rings. The fraction of sp³-hybridized carbons (Fsp3) is 0.353. The van der Waals surface area contributed by atoms with Gasteiger partial charge >= 0.3 is 0 Å². The first-order valence-electron chi connectivity index (χ1n) is 7.70. The van der Waals surface area contributed by atoms with Gasteiger partial charge in [-0.3, -0.25) is 19.3 Å². The van der Waals surface area contributed by atoms with E-state index in [2.05, 4.69) is 4.98 Å². The van der Waals surface area contributed by atoms with Crippen LogP contribution in [0, 0.1) is 11.3 Å². The summed E-state index contributed by atoms with van der Waals surface area (Å²) in [6, 6.07) is 9.39. The van der Waals surface area contributed by atoms with E-state index in [1.54, 1.807) is 11.6 Å². The van der Waals surface area contributed by atoms with Gasteiger partial charge < -0.3 is 4.57 Å². The van der Waals surface area contributed by atoms with Gasteiger partial charge in [0.25, 0.3) is 0 Å². The standard InChI is InChI=1S/C17H16N4O3/c1-20-13-5-3-2-4-12(13)19-17(20)11(10-18)14(22)8-9-21-15(23)6-7-16(21)24/h2-5,11H,6-9H2,1H3. The maximum absolute atomic E-state index is 12.4. The average Bonchev–Trinajstić information content (AvgIpc) is 3.07. The highest BCUT2D eigenvalue weighted by Gasteiger charge is 2.31. The molecular weight excluding hydrogens is 308 g/mol. The van der Waals surface area contributed by atoms with Crippen molar-refractivity contribution < 1.29 is 14.4 Å². The SMILES string of the molecule is Cn1c(C(C#N)C(=O)CCN2C(=O)CCC2=O)nc2ccccc21. The third-order valence-electron chi connectivity index (χ3n) is 4.27. The Morgan fingerprint density at radius 2 is 1.96 bits per heavy atom. The molecule has 1 aromatic carbocycles. The molecule has 2 amide bonds. The van der Waals surface area contributed by atoms with E-state index in [0.717, 1.165) is 10.4 Å². The molecular formula is C17H16N4O3. The lowest BCUT2D eigenvalue weighted by atomic mass is 10.0. The summed E-state index contributed by atoms with van der Waals surface area (Å²) >= 11 is 0. The monoisotopic (exact) mass is 324 g/mol. The van der Waals surface area contributed by atoms with Crippen LogP contribution in [0.15, 0.2) is 24.3 Å². The second-order valence-corrected chi connectivity index (χ2v) is 5.74. The lowest BCUT2D eigenvalue weighted by molar-refractivity contribution is -0.138. The molecule has 0 N–H and O–H groups in total. The average molecular weight is 324 g/mol. The summed E-state index contributed by atoms with van der Waals surface area (Å²) in [4.78, 5) is 41.1. The number of amides is 2. The van der Waals surface area contributed by atoms with E-state index in [-0.39, 0.29) is 43.4 Å². The van der Waals surface area contributed by atoms with Gasteiger partial charge in [0.05, 0.1) is 17.1 Å². The molecule has 1 saturated heterocycles. The molecule has 2 aromatic rings. The minimum Gasteiger partial charge on any atom is -0.330 e. The highest BCUT2D eigenvalue weighted by molar-refractivity contribution is 6.02. The molecule has 0 radical (unpaired) electrons. The first kappa shape index (κ1) is 15.9. The molecule has 3 rings (SSSR count). The van der Waals surface area contributed by atoms with E-state index in [1.165, 1.54) is 0 Å². The van der Waals surface area contributed by atoms with Crippen LogP contribution in [0.25, 0.3) is 11.0 Å². The van der Waals surface area contributed by atoms with Gasteiger partial charge in [-0.2, -0.15) is 5.26 Å². The van der Waals surface area contributed by atoms with Gasteiger partial charge in [0.15, 0.2) is 11.7 Å². The molecule has 2 heterocycles. The molecule has 7 heteroatoms. The molecule has 7 nitrogen and oxygen atoms in total. The Balaban J connectivity index is 1.79. The number of nitrogens with zero attached hydrogens (tertiary/aromatic N) is 4. The largest absolute Gasteiger partial charge is 0.330 e. The number of fused-ring (bicyclic) bond motifs is 1. The van der Waals surface area contributed by atoms with Crippen molar-refractivity contribution in [3.05, 3.63) is 30.1 Å². The Hall–Kier alpha value is -3.01. The van der Waals surface area contributed by atoms with E-state index in [4.69, 9.17) is 0 Å². The fourth-order valence-electron chi connectivity index (χ4n) is 2.93. The van der Waals surface area contributed by atoms with Crippen LogP contribution in [0.4, 0.5) is 0 Å². The maximum atomic E-state index is 12.4. The van der Waals surface area contributed by atoms with Crippen LogP contribution in [0.5, 0.6) is 0 Å². The number of imide groups is 1. The zero-order valence-corrected chi connectivity index (χ0v) is 13.2.